The fourth-order valence-electron chi connectivity index (χ4n) is 0.906. The summed E-state index contributed by atoms with van der Waals surface area (Å²) in [7, 11) is 0. The minimum absolute atomic E-state index is 0.111. The third kappa shape index (κ3) is 1.06. The van der Waals surface area contributed by atoms with Gasteiger partial charge in [0.1, 0.15) is 0 Å². The molecule has 0 spiro atoms. The molecule has 1 heterocycles. The van der Waals surface area contributed by atoms with Crippen molar-refractivity contribution in [2.45, 2.75) is 12.7 Å². The van der Waals surface area contributed by atoms with Crippen molar-refractivity contribution in [3.05, 3.63) is 23.8 Å². The van der Waals surface area contributed by atoms with E-state index in [0.29, 0.717) is 6.29 Å². The second-order valence-corrected chi connectivity index (χ2v) is 2.56. The normalized spacial score (nSPS) is 27.8. The van der Waals surface area contributed by atoms with Crippen molar-refractivity contribution in [1.29, 1.82) is 0 Å². The molecule has 0 bridgehead atoms. The van der Waals surface area contributed by atoms with Crippen molar-refractivity contribution < 1.29 is 19.4 Å². The summed E-state index contributed by atoms with van der Waals surface area (Å²) in [5, 5.41) is 9.56. The molecule has 0 aliphatic carbocycles. The average Bonchev–Trinajstić information content (AvgIpc) is 2.27. The Hall–Kier alpha value is -1.42. The number of carbonyl (C=O) groups excluding carboxylic acids is 2. The zero-order chi connectivity index (χ0) is 9.35. The predicted molar refractivity (Wildman–Crippen MR) is 40.0 cm³/mol. The lowest BCUT2D eigenvalue weighted by atomic mass is 10.0. The number of aliphatic hydroxyl groups is 1. The lowest BCUT2D eigenvalue weighted by Crippen LogP contribution is -2.33. The van der Waals surface area contributed by atoms with Gasteiger partial charge in [0.05, 0.1) is 5.57 Å². The van der Waals surface area contributed by atoms with Gasteiger partial charge in [0.25, 0.3) is 5.79 Å². The van der Waals surface area contributed by atoms with Crippen LogP contribution in [0.1, 0.15) is 6.92 Å². The molecule has 0 aromatic heterocycles. The zero-order valence-electron chi connectivity index (χ0n) is 6.53. The standard InChI is InChI=1S/C8H8O4/c1-5(2)8(11)6(4-9)3-7(10)12-8/h3-4,11H,1H2,2H3. The summed E-state index contributed by atoms with van der Waals surface area (Å²) in [6, 6.07) is 0. The third-order valence-electron chi connectivity index (χ3n) is 1.62. The maximum absolute atomic E-state index is 10.7. The molecule has 4 nitrogen and oxygen atoms in total. The van der Waals surface area contributed by atoms with Crippen LogP contribution in [0.2, 0.25) is 0 Å². The second kappa shape index (κ2) is 2.57. The van der Waals surface area contributed by atoms with Gasteiger partial charge in [-0.25, -0.2) is 4.79 Å². The van der Waals surface area contributed by atoms with Crippen molar-refractivity contribution >= 4 is 12.3 Å². The van der Waals surface area contributed by atoms with Gasteiger partial charge in [-0.05, 0) is 12.5 Å². The molecular weight excluding hydrogens is 160 g/mol. The van der Waals surface area contributed by atoms with Gasteiger partial charge in [-0.15, -0.1) is 0 Å². The molecule has 12 heavy (non-hydrogen) atoms. The molecular formula is C8H8O4. The third-order valence-corrected chi connectivity index (χ3v) is 1.62. The van der Waals surface area contributed by atoms with E-state index in [1.807, 2.05) is 0 Å². The molecule has 0 aromatic rings. The Labute approximate surface area is 69.1 Å². The molecule has 1 N–H and O–H groups in total. The van der Waals surface area contributed by atoms with E-state index in [1.165, 1.54) is 6.92 Å². The van der Waals surface area contributed by atoms with Gasteiger partial charge in [-0.3, -0.25) is 4.79 Å². The maximum Gasteiger partial charge on any atom is 0.334 e. The smallest absolute Gasteiger partial charge is 0.334 e. The first-order chi connectivity index (χ1) is 5.50. The predicted octanol–water partition coefficient (Wildman–Crippen LogP) is -0.0668. The Balaban J connectivity index is 3.10. The van der Waals surface area contributed by atoms with Gasteiger partial charge < -0.3 is 9.84 Å². The van der Waals surface area contributed by atoms with Gasteiger partial charge in [0, 0.05) is 6.08 Å². The largest absolute Gasteiger partial charge is 0.421 e. The van der Waals surface area contributed by atoms with Crippen molar-refractivity contribution in [2.24, 2.45) is 0 Å². The highest BCUT2D eigenvalue weighted by molar-refractivity contribution is 5.95. The van der Waals surface area contributed by atoms with Gasteiger partial charge >= 0.3 is 5.97 Å². The lowest BCUT2D eigenvalue weighted by molar-refractivity contribution is -0.169. The van der Waals surface area contributed by atoms with E-state index in [0.717, 1.165) is 6.08 Å². The highest BCUT2D eigenvalue weighted by Crippen LogP contribution is 2.29. The van der Waals surface area contributed by atoms with Crippen molar-refractivity contribution in [3.63, 3.8) is 0 Å². The van der Waals surface area contributed by atoms with Crippen LogP contribution in [-0.2, 0) is 14.3 Å². The van der Waals surface area contributed by atoms with Gasteiger partial charge in [0.15, 0.2) is 6.29 Å². The van der Waals surface area contributed by atoms with E-state index in [9.17, 15) is 14.7 Å². The van der Waals surface area contributed by atoms with Gasteiger partial charge in [-0.1, -0.05) is 6.58 Å². The molecule has 1 unspecified atom stereocenters. The Morgan fingerprint density at radius 3 is 2.75 bits per heavy atom. The first-order valence-electron chi connectivity index (χ1n) is 3.29. The molecule has 1 rings (SSSR count). The average molecular weight is 168 g/mol. The van der Waals surface area contributed by atoms with Gasteiger partial charge in [-0.2, -0.15) is 0 Å². The minimum atomic E-state index is -1.92. The van der Waals surface area contributed by atoms with E-state index in [4.69, 9.17) is 0 Å². The van der Waals surface area contributed by atoms with Crippen molar-refractivity contribution in [3.8, 4) is 0 Å². The number of hydrogen-bond donors (Lipinski definition) is 1. The van der Waals surface area contributed by atoms with Crippen molar-refractivity contribution in [1.82, 2.24) is 0 Å². The SMILES string of the molecule is C=C(C)C1(O)OC(=O)C=C1C=O. The second-order valence-electron chi connectivity index (χ2n) is 2.56. The summed E-state index contributed by atoms with van der Waals surface area (Å²) >= 11 is 0. The molecule has 0 radical (unpaired) electrons. The number of rotatable bonds is 2. The van der Waals surface area contributed by atoms with Gasteiger partial charge in [0.2, 0.25) is 0 Å². The quantitative estimate of drug-likeness (QED) is 0.356. The molecule has 64 valence electrons. The zero-order valence-corrected chi connectivity index (χ0v) is 6.53. The highest BCUT2D eigenvalue weighted by Gasteiger charge is 2.42. The molecule has 0 amide bonds. The molecule has 1 atom stereocenters. The fourth-order valence-corrected chi connectivity index (χ4v) is 0.906. The number of cyclic esters (lactones) is 1. The van der Waals surface area contributed by atoms with Crippen LogP contribution in [0.3, 0.4) is 0 Å². The van der Waals surface area contributed by atoms with Crippen LogP contribution in [0.25, 0.3) is 0 Å². The van der Waals surface area contributed by atoms with Crippen LogP contribution in [0.5, 0.6) is 0 Å². The van der Waals surface area contributed by atoms with Crippen LogP contribution < -0.4 is 0 Å². The fraction of sp³-hybridized carbons (Fsp3) is 0.250. The molecule has 0 fully saturated rings. The Bertz CT molecular complexity index is 289. The van der Waals surface area contributed by atoms with E-state index in [2.05, 4.69) is 11.3 Å². The van der Waals surface area contributed by atoms with Crippen LogP contribution in [0.15, 0.2) is 23.8 Å². The number of carbonyl (C=O) groups is 2. The summed E-state index contributed by atoms with van der Waals surface area (Å²) < 4.78 is 4.51. The number of aldehydes is 1. The van der Waals surface area contributed by atoms with E-state index in [1.54, 1.807) is 0 Å². The van der Waals surface area contributed by atoms with Crippen molar-refractivity contribution in [2.75, 3.05) is 0 Å². The molecule has 1 aliphatic rings. The van der Waals surface area contributed by atoms with Crippen LogP contribution >= 0.6 is 0 Å². The topological polar surface area (TPSA) is 63.6 Å². The molecule has 0 saturated heterocycles. The van der Waals surface area contributed by atoms with E-state index < -0.39 is 11.8 Å². The number of hydrogen-bond acceptors (Lipinski definition) is 4. The minimum Gasteiger partial charge on any atom is -0.421 e. The summed E-state index contributed by atoms with van der Waals surface area (Å²) in [5.74, 6) is -2.65. The first-order valence-corrected chi connectivity index (χ1v) is 3.29. The van der Waals surface area contributed by atoms with E-state index in [-0.39, 0.29) is 11.1 Å². The molecule has 0 saturated carbocycles. The molecule has 4 heteroatoms. The summed E-state index contributed by atoms with van der Waals surface area (Å²) in [6.07, 6.45) is 1.32. The lowest BCUT2D eigenvalue weighted by Gasteiger charge is -2.22. The van der Waals surface area contributed by atoms with Crippen LogP contribution in [0.4, 0.5) is 0 Å². The Morgan fingerprint density at radius 2 is 2.42 bits per heavy atom. The Kier molecular flexibility index (Phi) is 1.85. The van der Waals surface area contributed by atoms with E-state index >= 15 is 0 Å². The van der Waals surface area contributed by atoms with Crippen LogP contribution in [0, 0.1) is 0 Å². The monoisotopic (exact) mass is 168 g/mol. The molecule has 0 aromatic carbocycles. The summed E-state index contributed by atoms with van der Waals surface area (Å²) in [4.78, 5) is 21.0. The number of ether oxygens (including phenoxy) is 1. The summed E-state index contributed by atoms with van der Waals surface area (Å²) in [5.41, 5.74) is 0.0895. The maximum atomic E-state index is 10.7. The van der Waals surface area contributed by atoms with Crippen LogP contribution in [-0.4, -0.2) is 23.1 Å². The first kappa shape index (κ1) is 8.67. The number of esters is 1. The molecule has 1 aliphatic heterocycles. The summed E-state index contributed by atoms with van der Waals surface area (Å²) in [6.45, 7) is 4.88. The Morgan fingerprint density at radius 1 is 1.83 bits per heavy atom. The highest BCUT2D eigenvalue weighted by atomic mass is 16.7.